The van der Waals surface area contributed by atoms with E-state index < -0.39 is 0 Å². The van der Waals surface area contributed by atoms with Gasteiger partial charge in [-0.05, 0) is 32.9 Å². The van der Waals surface area contributed by atoms with E-state index in [0.717, 1.165) is 24.0 Å². The number of rotatable bonds is 3. The Labute approximate surface area is 134 Å². The molecule has 3 rings (SSSR count). The van der Waals surface area contributed by atoms with Crippen LogP contribution in [0.4, 0.5) is 0 Å². The average molecular weight is 327 g/mol. The van der Waals surface area contributed by atoms with Crippen molar-refractivity contribution in [2.24, 2.45) is 0 Å². The number of nitrogens with zero attached hydrogens (tertiary/aromatic N) is 1. The fourth-order valence-corrected chi connectivity index (χ4v) is 4.46. The minimum absolute atomic E-state index is 0. The summed E-state index contributed by atoms with van der Waals surface area (Å²) in [5.74, 6) is 0. The molecule has 1 aromatic heterocycles. The van der Waals surface area contributed by atoms with E-state index in [-0.39, 0.29) is 12.4 Å². The molecular formula is C15H19ClN2S2. The molecule has 1 N–H and O–H groups in total. The van der Waals surface area contributed by atoms with Crippen LogP contribution in [0.15, 0.2) is 34.0 Å². The first-order valence-electron chi connectivity index (χ1n) is 6.71. The number of halogens is 1. The first kappa shape index (κ1) is 15.8. The van der Waals surface area contributed by atoms with Crippen molar-refractivity contribution in [3.8, 4) is 11.3 Å². The second-order valence-electron chi connectivity index (χ2n) is 4.93. The summed E-state index contributed by atoms with van der Waals surface area (Å²) in [5.41, 5.74) is 3.63. The minimum atomic E-state index is 0. The molecule has 2 heterocycles. The fourth-order valence-electron chi connectivity index (χ4n) is 2.22. The van der Waals surface area contributed by atoms with Crippen LogP contribution >= 0.6 is 35.5 Å². The lowest BCUT2D eigenvalue weighted by Crippen LogP contribution is -2.29. The van der Waals surface area contributed by atoms with E-state index in [2.05, 4.69) is 41.9 Å². The van der Waals surface area contributed by atoms with Crippen molar-refractivity contribution >= 4 is 35.5 Å². The van der Waals surface area contributed by atoms with Crippen LogP contribution in [0.2, 0.25) is 0 Å². The summed E-state index contributed by atoms with van der Waals surface area (Å²) in [5, 5.41) is 6.32. The van der Waals surface area contributed by atoms with Crippen molar-refractivity contribution < 1.29 is 0 Å². The summed E-state index contributed by atoms with van der Waals surface area (Å²) in [6.07, 6.45) is 2.51. The molecule has 2 aromatic rings. The molecule has 0 atom stereocenters. The van der Waals surface area contributed by atoms with Gasteiger partial charge in [-0.15, -0.1) is 23.7 Å². The molecule has 108 valence electrons. The van der Waals surface area contributed by atoms with E-state index in [1.165, 1.54) is 28.3 Å². The third kappa shape index (κ3) is 3.98. The van der Waals surface area contributed by atoms with Crippen molar-refractivity contribution in [1.82, 2.24) is 10.3 Å². The van der Waals surface area contributed by atoms with Crippen LogP contribution in [0, 0.1) is 6.92 Å². The predicted octanol–water partition coefficient (Wildman–Crippen LogP) is 4.38. The minimum Gasteiger partial charge on any atom is -0.317 e. The van der Waals surface area contributed by atoms with Crippen molar-refractivity contribution in [2.45, 2.75) is 29.4 Å². The number of hydrogen-bond donors (Lipinski definition) is 1. The van der Waals surface area contributed by atoms with Crippen LogP contribution in [0.3, 0.4) is 0 Å². The summed E-state index contributed by atoms with van der Waals surface area (Å²) in [6.45, 7) is 4.41. The molecule has 0 unspecified atom stereocenters. The highest BCUT2D eigenvalue weighted by Gasteiger charge is 2.16. The Morgan fingerprint density at radius 2 is 1.90 bits per heavy atom. The molecule has 0 bridgehead atoms. The van der Waals surface area contributed by atoms with E-state index in [9.17, 15) is 0 Å². The molecule has 0 amide bonds. The topological polar surface area (TPSA) is 24.9 Å². The number of hydrogen-bond acceptors (Lipinski definition) is 4. The van der Waals surface area contributed by atoms with Gasteiger partial charge >= 0.3 is 0 Å². The van der Waals surface area contributed by atoms with Gasteiger partial charge in [0.2, 0.25) is 0 Å². The van der Waals surface area contributed by atoms with Crippen molar-refractivity contribution in [1.29, 1.82) is 0 Å². The van der Waals surface area contributed by atoms with Crippen LogP contribution in [0.5, 0.6) is 0 Å². The van der Waals surface area contributed by atoms with Crippen LogP contribution in [0.1, 0.15) is 18.4 Å². The number of aryl methyl sites for hydroxylation is 1. The zero-order chi connectivity index (χ0) is 13.1. The highest BCUT2D eigenvalue weighted by molar-refractivity contribution is 8.01. The highest BCUT2D eigenvalue weighted by Crippen LogP contribution is 2.33. The van der Waals surface area contributed by atoms with Gasteiger partial charge in [0, 0.05) is 16.2 Å². The van der Waals surface area contributed by atoms with Crippen LogP contribution in [0.25, 0.3) is 11.3 Å². The second kappa shape index (κ2) is 7.46. The smallest absolute Gasteiger partial charge is 0.150 e. The van der Waals surface area contributed by atoms with Crippen molar-refractivity contribution in [3.05, 3.63) is 35.2 Å². The third-order valence-electron chi connectivity index (χ3n) is 3.38. The molecule has 1 aliphatic rings. The van der Waals surface area contributed by atoms with E-state index >= 15 is 0 Å². The first-order valence-corrected chi connectivity index (χ1v) is 8.47. The Morgan fingerprint density at radius 3 is 2.60 bits per heavy atom. The van der Waals surface area contributed by atoms with E-state index in [4.69, 9.17) is 4.98 Å². The Kier molecular flexibility index (Phi) is 5.90. The van der Waals surface area contributed by atoms with E-state index in [0.29, 0.717) is 0 Å². The van der Waals surface area contributed by atoms with Crippen molar-refractivity contribution in [2.75, 3.05) is 13.1 Å². The number of benzene rings is 1. The zero-order valence-electron chi connectivity index (χ0n) is 11.5. The van der Waals surface area contributed by atoms with Gasteiger partial charge in [-0.1, -0.05) is 41.6 Å². The number of nitrogens with one attached hydrogen (secondary N) is 1. The highest BCUT2D eigenvalue weighted by atomic mass is 35.5. The summed E-state index contributed by atoms with van der Waals surface area (Å²) < 4.78 is 1.21. The molecule has 1 aromatic carbocycles. The van der Waals surface area contributed by atoms with Crippen LogP contribution < -0.4 is 5.32 Å². The molecule has 20 heavy (non-hydrogen) atoms. The number of thioether (sulfide) groups is 1. The van der Waals surface area contributed by atoms with Crippen LogP contribution in [-0.2, 0) is 0 Å². The Morgan fingerprint density at radius 1 is 1.20 bits per heavy atom. The van der Waals surface area contributed by atoms with Gasteiger partial charge in [0.05, 0.1) is 5.69 Å². The molecule has 0 radical (unpaired) electrons. The monoisotopic (exact) mass is 326 g/mol. The summed E-state index contributed by atoms with van der Waals surface area (Å²) in [7, 11) is 0. The maximum Gasteiger partial charge on any atom is 0.150 e. The van der Waals surface area contributed by atoms with E-state index in [1.54, 1.807) is 11.3 Å². The Bertz CT molecular complexity index is 533. The number of aromatic nitrogens is 1. The summed E-state index contributed by atoms with van der Waals surface area (Å²) in [4.78, 5) is 4.77. The third-order valence-corrected chi connectivity index (χ3v) is 5.69. The Balaban J connectivity index is 0.00000147. The zero-order valence-corrected chi connectivity index (χ0v) is 13.9. The maximum atomic E-state index is 4.77. The first-order chi connectivity index (χ1) is 9.31. The molecule has 0 aliphatic carbocycles. The molecule has 5 heteroatoms. The number of piperidine rings is 1. The van der Waals surface area contributed by atoms with Gasteiger partial charge in [0.1, 0.15) is 0 Å². The second-order valence-corrected chi connectivity index (χ2v) is 7.34. The molecular weight excluding hydrogens is 308 g/mol. The molecule has 2 nitrogen and oxygen atoms in total. The van der Waals surface area contributed by atoms with E-state index in [1.807, 2.05) is 11.8 Å². The summed E-state index contributed by atoms with van der Waals surface area (Å²) in [6, 6.07) is 8.61. The molecule has 1 saturated heterocycles. The van der Waals surface area contributed by atoms with Gasteiger partial charge in [0.25, 0.3) is 0 Å². The lowest BCUT2D eigenvalue weighted by atomic mass is 10.1. The van der Waals surface area contributed by atoms with Gasteiger partial charge in [-0.2, -0.15) is 0 Å². The van der Waals surface area contributed by atoms with Gasteiger partial charge in [-0.25, -0.2) is 4.98 Å². The Hall–Kier alpha value is -0.550. The lowest BCUT2D eigenvalue weighted by molar-refractivity contribution is 0.531. The predicted molar refractivity (Wildman–Crippen MR) is 91.3 cm³/mol. The van der Waals surface area contributed by atoms with Gasteiger partial charge < -0.3 is 5.32 Å². The largest absolute Gasteiger partial charge is 0.317 e. The quantitative estimate of drug-likeness (QED) is 0.905. The van der Waals surface area contributed by atoms with Crippen molar-refractivity contribution in [3.63, 3.8) is 0 Å². The van der Waals surface area contributed by atoms with Gasteiger partial charge in [-0.3, -0.25) is 0 Å². The van der Waals surface area contributed by atoms with Gasteiger partial charge in [0.15, 0.2) is 4.34 Å². The molecule has 0 spiro atoms. The summed E-state index contributed by atoms with van der Waals surface area (Å²) >= 11 is 3.72. The molecule has 1 aliphatic heterocycles. The molecule has 1 fully saturated rings. The fraction of sp³-hybridized carbons (Fsp3) is 0.400. The maximum absolute atomic E-state index is 4.77. The lowest BCUT2D eigenvalue weighted by Gasteiger charge is -2.20. The SMILES string of the molecule is Cc1ccc(-c2csc(SC3CCNCC3)n2)cc1.Cl. The number of thiazole rings is 1. The standard InChI is InChI=1S/C15H18N2S2.ClH/c1-11-2-4-12(5-3-11)14-10-18-15(17-14)19-13-6-8-16-9-7-13;/h2-5,10,13,16H,6-9H2,1H3;1H. The normalized spacial score (nSPS) is 15.8. The average Bonchev–Trinajstić information content (AvgIpc) is 2.89. The molecule has 0 saturated carbocycles. The van der Waals surface area contributed by atoms with Crippen LogP contribution in [-0.4, -0.2) is 23.3 Å².